The van der Waals surface area contributed by atoms with E-state index in [-0.39, 0.29) is 11.2 Å². The number of pyridine rings is 1. The van der Waals surface area contributed by atoms with Gasteiger partial charge in [0.05, 0.1) is 23.6 Å². The van der Waals surface area contributed by atoms with Gasteiger partial charge in [0.15, 0.2) is 0 Å². The summed E-state index contributed by atoms with van der Waals surface area (Å²) in [5, 5.41) is 2.27. The number of ether oxygens (including phenoxy) is 1. The zero-order chi connectivity index (χ0) is 27.8. The van der Waals surface area contributed by atoms with E-state index in [1.165, 1.54) is 22.0 Å². The Labute approximate surface area is 235 Å². The molecule has 3 aromatic rings. The Kier molecular flexibility index (Phi) is 7.64. The van der Waals surface area contributed by atoms with E-state index >= 15 is 0 Å². The molecule has 204 valence electrons. The number of rotatable bonds is 7. The lowest BCUT2D eigenvalue weighted by atomic mass is 9.75. The van der Waals surface area contributed by atoms with Gasteiger partial charge in [0.25, 0.3) is 10.1 Å². The van der Waals surface area contributed by atoms with Crippen molar-refractivity contribution in [1.82, 2.24) is 0 Å². The van der Waals surface area contributed by atoms with Gasteiger partial charge in [-0.05, 0) is 66.2 Å². The number of hydrogen-bond acceptors (Lipinski definition) is 5. The summed E-state index contributed by atoms with van der Waals surface area (Å²) in [6.45, 7) is 5.08. The number of benzene rings is 2. The van der Waals surface area contributed by atoms with Crippen molar-refractivity contribution in [3.63, 3.8) is 0 Å². The fraction of sp³-hybridized carbons (Fsp3) is 0.323. The van der Waals surface area contributed by atoms with Gasteiger partial charge < -0.3 is 9.64 Å². The highest BCUT2D eigenvalue weighted by molar-refractivity contribution is 8.03. The van der Waals surface area contributed by atoms with Crippen LogP contribution in [-0.4, -0.2) is 32.4 Å². The molecule has 0 amide bonds. The number of hydrogen-bond donors (Lipinski definition) is 1. The van der Waals surface area contributed by atoms with Crippen molar-refractivity contribution in [2.24, 2.45) is 12.5 Å². The van der Waals surface area contributed by atoms with Gasteiger partial charge in [-0.2, -0.15) is 13.0 Å². The number of para-hydroxylation sites is 1. The molecule has 5 rings (SSSR count). The van der Waals surface area contributed by atoms with Crippen molar-refractivity contribution in [2.75, 3.05) is 24.3 Å². The van der Waals surface area contributed by atoms with Crippen LogP contribution in [0.1, 0.15) is 38.8 Å². The molecule has 0 saturated carbocycles. The van der Waals surface area contributed by atoms with E-state index in [2.05, 4.69) is 85.0 Å². The Morgan fingerprint density at radius 2 is 1.90 bits per heavy atom. The minimum atomic E-state index is -4.02. The van der Waals surface area contributed by atoms with Crippen LogP contribution in [0.15, 0.2) is 87.8 Å². The maximum Gasteiger partial charge on any atom is 0.264 e. The number of aryl methyl sites for hydroxylation is 1. The molecule has 0 atom stereocenters. The highest BCUT2D eigenvalue weighted by Gasteiger charge is 2.29. The Morgan fingerprint density at radius 3 is 2.67 bits per heavy atom. The summed E-state index contributed by atoms with van der Waals surface area (Å²) >= 11 is 1.68. The summed E-state index contributed by atoms with van der Waals surface area (Å²) in [5.41, 5.74) is 5.97. The summed E-state index contributed by atoms with van der Waals surface area (Å²) in [6, 6.07) is 18.7. The number of allylic oxidation sites excluding steroid dienone is 4. The minimum absolute atomic E-state index is 0.0948. The van der Waals surface area contributed by atoms with E-state index in [1.54, 1.807) is 18.9 Å². The third kappa shape index (κ3) is 6.40. The number of fused-ring (bicyclic) bond motifs is 2. The van der Waals surface area contributed by atoms with Crippen LogP contribution >= 0.6 is 11.8 Å². The van der Waals surface area contributed by atoms with Crippen molar-refractivity contribution < 1.29 is 22.3 Å². The fourth-order valence-electron chi connectivity index (χ4n) is 5.50. The number of aromatic nitrogens is 1. The van der Waals surface area contributed by atoms with Crippen LogP contribution in [0.4, 0.5) is 5.69 Å². The van der Waals surface area contributed by atoms with Gasteiger partial charge in [0.2, 0.25) is 11.2 Å². The second kappa shape index (κ2) is 10.8. The molecule has 1 aliphatic heterocycles. The summed E-state index contributed by atoms with van der Waals surface area (Å²) < 4.78 is 39.7. The van der Waals surface area contributed by atoms with Crippen molar-refractivity contribution in [3.8, 4) is 5.75 Å². The molecule has 0 saturated heterocycles. The van der Waals surface area contributed by atoms with Crippen molar-refractivity contribution in [1.29, 1.82) is 0 Å². The molecule has 0 fully saturated rings. The fourth-order valence-corrected chi connectivity index (χ4v) is 7.14. The number of methoxy groups -OCH3 is 1. The molecule has 0 radical (unpaired) electrons. The average Bonchev–Trinajstić information content (AvgIpc) is 3.20. The number of thioether (sulfide) groups is 1. The zero-order valence-corrected chi connectivity index (χ0v) is 24.5. The lowest BCUT2D eigenvalue weighted by molar-refractivity contribution is -0.646. The quantitative estimate of drug-likeness (QED) is 0.260. The molecule has 0 spiro atoms. The van der Waals surface area contributed by atoms with Crippen molar-refractivity contribution >= 4 is 44.5 Å². The van der Waals surface area contributed by atoms with Crippen LogP contribution in [0.3, 0.4) is 0 Å². The van der Waals surface area contributed by atoms with Gasteiger partial charge in [0, 0.05) is 41.1 Å². The normalized spacial score (nSPS) is 19.0. The molecule has 8 heteroatoms. The van der Waals surface area contributed by atoms with Gasteiger partial charge in [-0.15, -0.1) is 0 Å². The van der Waals surface area contributed by atoms with Crippen molar-refractivity contribution in [3.05, 3.63) is 88.6 Å². The SMILES string of the molecule is COc1ccc2c(c1)N(CCCS(=O)(=O)O)C(=CC1=CC(=Cc3ccc4ccccc4[n+]3C)CC(C)(C)C1)S2. The average molecular weight is 564 g/mol. The van der Waals surface area contributed by atoms with Gasteiger partial charge in [-0.25, -0.2) is 0 Å². The predicted octanol–water partition coefficient (Wildman–Crippen LogP) is 6.53. The Balaban J connectivity index is 1.50. The van der Waals surface area contributed by atoms with Gasteiger partial charge in [-0.1, -0.05) is 43.8 Å². The Morgan fingerprint density at radius 1 is 1.10 bits per heavy atom. The van der Waals surface area contributed by atoms with Crippen LogP contribution in [0.5, 0.6) is 5.75 Å². The molecule has 6 nitrogen and oxygen atoms in total. The number of anilines is 1. The first-order valence-corrected chi connectivity index (χ1v) is 15.5. The molecular weight excluding hydrogens is 528 g/mol. The molecule has 2 heterocycles. The molecule has 2 aliphatic rings. The highest BCUT2D eigenvalue weighted by atomic mass is 32.2. The minimum Gasteiger partial charge on any atom is -0.497 e. The summed E-state index contributed by atoms with van der Waals surface area (Å²) in [4.78, 5) is 3.24. The second-order valence-corrected chi connectivity index (χ2v) is 13.7. The first kappa shape index (κ1) is 27.5. The van der Waals surface area contributed by atoms with E-state index in [1.807, 2.05) is 18.2 Å². The van der Waals surface area contributed by atoms with E-state index in [0.717, 1.165) is 39.9 Å². The standard InChI is InChI=1S/C31H34N2O4S2/c1-31(2)20-22(17-25-11-10-24-8-5-6-9-27(24)32(25)3)16-23(21-31)18-30-33(14-7-15-39(34,35)36)28-19-26(37-4)12-13-29(28)38-30/h5-6,8-13,16-19H,7,14-15,20-21H2,1-4H3/p+1. The second-order valence-electron chi connectivity index (χ2n) is 11.0. The maximum atomic E-state index is 11.4. The molecule has 0 unspecified atom stereocenters. The molecule has 1 N–H and O–H groups in total. The van der Waals surface area contributed by atoms with Crippen LogP contribution < -0.4 is 14.2 Å². The Hall–Kier alpha value is -3.07. The van der Waals surface area contributed by atoms with E-state index in [0.29, 0.717) is 13.0 Å². The smallest absolute Gasteiger partial charge is 0.264 e. The topological polar surface area (TPSA) is 70.7 Å². The molecule has 1 aromatic heterocycles. The predicted molar refractivity (Wildman–Crippen MR) is 160 cm³/mol. The summed E-state index contributed by atoms with van der Waals surface area (Å²) in [7, 11) is -0.267. The third-order valence-corrected chi connectivity index (χ3v) is 9.14. The van der Waals surface area contributed by atoms with Crippen LogP contribution in [-0.2, 0) is 17.2 Å². The van der Waals surface area contributed by atoms with Crippen molar-refractivity contribution in [2.45, 2.75) is 38.0 Å². The molecule has 0 bridgehead atoms. The highest BCUT2D eigenvalue weighted by Crippen LogP contribution is 2.49. The lowest BCUT2D eigenvalue weighted by Gasteiger charge is -2.31. The molecule has 1 aliphatic carbocycles. The van der Waals surface area contributed by atoms with Crippen LogP contribution in [0.25, 0.3) is 17.0 Å². The Bertz CT molecular complexity index is 1620. The largest absolute Gasteiger partial charge is 0.497 e. The van der Waals surface area contributed by atoms with E-state index in [4.69, 9.17) is 4.74 Å². The monoisotopic (exact) mass is 563 g/mol. The van der Waals surface area contributed by atoms with Crippen LogP contribution in [0.2, 0.25) is 0 Å². The summed E-state index contributed by atoms with van der Waals surface area (Å²) in [6.07, 6.45) is 9.07. The first-order valence-electron chi connectivity index (χ1n) is 13.1. The molecular formula is C31H35N2O4S2+. The van der Waals surface area contributed by atoms with Gasteiger partial charge in [0.1, 0.15) is 12.8 Å². The third-order valence-electron chi connectivity index (χ3n) is 7.22. The van der Waals surface area contributed by atoms with Crippen LogP contribution in [0, 0.1) is 5.41 Å². The van der Waals surface area contributed by atoms with Gasteiger partial charge in [-0.3, -0.25) is 4.55 Å². The van der Waals surface area contributed by atoms with E-state index < -0.39 is 10.1 Å². The molecule has 39 heavy (non-hydrogen) atoms. The first-order chi connectivity index (χ1) is 18.5. The lowest BCUT2D eigenvalue weighted by Crippen LogP contribution is -2.32. The zero-order valence-electron chi connectivity index (χ0n) is 22.8. The number of nitrogens with zero attached hydrogens (tertiary/aromatic N) is 2. The molecule has 2 aromatic carbocycles. The maximum absolute atomic E-state index is 11.4. The summed E-state index contributed by atoms with van der Waals surface area (Å²) in [5.74, 6) is 0.480. The van der Waals surface area contributed by atoms with E-state index in [9.17, 15) is 13.0 Å². The van der Waals surface area contributed by atoms with Gasteiger partial charge >= 0.3 is 0 Å².